The van der Waals surface area contributed by atoms with Crippen LogP contribution in [-0.4, -0.2) is 71.8 Å². The number of amides is 4. The van der Waals surface area contributed by atoms with E-state index in [0.717, 1.165) is 42.1 Å². The molecule has 1 spiro atoms. The number of rotatable bonds is 9. The molecule has 2 aliphatic rings. The van der Waals surface area contributed by atoms with Crippen molar-refractivity contribution in [3.05, 3.63) is 35.4 Å². The number of likely N-dealkylation sites (N-methyl/N-ethyl adjacent to an activating group) is 1. The van der Waals surface area contributed by atoms with Gasteiger partial charge >= 0.3 is 6.03 Å². The van der Waals surface area contributed by atoms with Crippen molar-refractivity contribution in [2.75, 3.05) is 39.3 Å². The second kappa shape index (κ2) is 9.16. The van der Waals surface area contributed by atoms with Crippen molar-refractivity contribution >= 4 is 17.8 Å². The van der Waals surface area contributed by atoms with E-state index in [9.17, 15) is 14.4 Å². The Bertz CT molecular complexity index is 805. The number of aryl methyl sites for hydroxylation is 1. The second-order valence-electron chi connectivity index (χ2n) is 8.64. The Kier molecular flexibility index (Phi) is 6.81. The lowest BCUT2D eigenvalue weighted by Crippen LogP contribution is -2.47. The molecule has 1 heterocycles. The molecule has 0 radical (unpaired) electrons. The van der Waals surface area contributed by atoms with Gasteiger partial charge in [0.25, 0.3) is 5.91 Å². The fourth-order valence-corrected chi connectivity index (χ4v) is 4.53. The molecule has 1 saturated heterocycles. The van der Waals surface area contributed by atoms with Crippen LogP contribution in [0.5, 0.6) is 0 Å². The summed E-state index contributed by atoms with van der Waals surface area (Å²) in [6, 6.07) is 7.26. The van der Waals surface area contributed by atoms with E-state index in [-0.39, 0.29) is 18.4 Å². The Balaban J connectivity index is 1.73. The average Bonchev–Trinajstić information content (AvgIpc) is 3.21. The lowest BCUT2D eigenvalue weighted by atomic mass is 9.92. The number of carbonyl (C=O) groups excluding carboxylic acids is 3. The SMILES string of the molecule is CCN(CC)CCN(CC(C)C)C(=O)CN1C(=O)NC2(CCc3ccccc32)C1=O. The summed E-state index contributed by atoms with van der Waals surface area (Å²) in [4.78, 5) is 44.3. The van der Waals surface area contributed by atoms with Crippen molar-refractivity contribution in [3.63, 3.8) is 0 Å². The Morgan fingerprint density at radius 3 is 2.53 bits per heavy atom. The standard InChI is InChI=1S/C23H34N4O3/c1-5-25(6-2)13-14-26(15-17(3)4)20(28)16-27-21(29)23(24-22(27)30)12-11-18-9-7-8-10-19(18)23/h7-10,17H,5-6,11-16H2,1-4H3,(H,24,30). The van der Waals surface area contributed by atoms with Crippen molar-refractivity contribution in [1.29, 1.82) is 0 Å². The van der Waals surface area contributed by atoms with Crippen LogP contribution in [0.2, 0.25) is 0 Å². The first-order chi connectivity index (χ1) is 14.3. The zero-order valence-corrected chi connectivity index (χ0v) is 18.6. The van der Waals surface area contributed by atoms with Crippen LogP contribution in [0.15, 0.2) is 24.3 Å². The van der Waals surface area contributed by atoms with Gasteiger partial charge in [0.1, 0.15) is 12.1 Å². The van der Waals surface area contributed by atoms with E-state index in [1.165, 1.54) is 0 Å². The highest BCUT2D eigenvalue weighted by atomic mass is 16.2. The molecule has 3 rings (SSSR count). The lowest BCUT2D eigenvalue weighted by molar-refractivity contribution is -0.139. The minimum Gasteiger partial charge on any atom is -0.340 e. The fourth-order valence-electron chi connectivity index (χ4n) is 4.53. The second-order valence-corrected chi connectivity index (χ2v) is 8.64. The monoisotopic (exact) mass is 414 g/mol. The number of nitrogens with one attached hydrogen (secondary N) is 1. The molecule has 1 aromatic carbocycles. The number of imide groups is 1. The van der Waals surface area contributed by atoms with Crippen molar-refractivity contribution < 1.29 is 14.4 Å². The molecule has 0 saturated carbocycles. The Morgan fingerprint density at radius 2 is 1.87 bits per heavy atom. The molecule has 1 aliphatic carbocycles. The van der Waals surface area contributed by atoms with Gasteiger partial charge in [0.2, 0.25) is 5.91 Å². The van der Waals surface area contributed by atoms with Crippen LogP contribution in [0.4, 0.5) is 4.79 Å². The molecule has 0 bridgehead atoms. The highest BCUT2D eigenvalue weighted by molar-refractivity contribution is 6.09. The largest absolute Gasteiger partial charge is 0.340 e. The Labute approximate surface area is 179 Å². The zero-order valence-electron chi connectivity index (χ0n) is 18.6. The van der Waals surface area contributed by atoms with Crippen molar-refractivity contribution in [2.45, 2.75) is 46.1 Å². The molecule has 7 nitrogen and oxygen atoms in total. The third-order valence-electron chi connectivity index (χ3n) is 6.23. The molecule has 1 aromatic rings. The highest BCUT2D eigenvalue weighted by Crippen LogP contribution is 2.41. The maximum Gasteiger partial charge on any atom is 0.325 e. The minimum atomic E-state index is -1.02. The van der Waals surface area contributed by atoms with E-state index < -0.39 is 11.6 Å². The molecular weight excluding hydrogens is 380 g/mol. The average molecular weight is 415 g/mol. The van der Waals surface area contributed by atoms with E-state index in [4.69, 9.17) is 0 Å². The molecule has 30 heavy (non-hydrogen) atoms. The number of hydrogen-bond acceptors (Lipinski definition) is 4. The Morgan fingerprint density at radius 1 is 1.17 bits per heavy atom. The van der Waals surface area contributed by atoms with Crippen LogP contribution in [-0.2, 0) is 21.5 Å². The third-order valence-corrected chi connectivity index (χ3v) is 6.23. The number of hydrogen-bond donors (Lipinski definition) is 1. The number of nitrogens with zero attached hydrogens (tertiary/aromatic N) is 3. The molecule has 1 unspecified atom stereocenters. The first-order valence-electron chi connectivity index (χ1n) is 11.0. The number of carbonyl (C=O) groups is 3. The van der Waals surface area contributed by atoms with Crippen molar-refractivity contribution in [2.24, 2.45) is 5.92 Å². The third kappa shape index (κ3) is 4.21. The molecule has 1 N–H and O–H groups in total. The fraction of sp³-hybridized carbons (Fsp3) is 0.609. The summed E-state index contributed by atoms with van der Waals surface area (Å²) in [6.45, 7) is 12.0. The number of fused-ring (bicyclic) bond motifs is 2. The molecule has 4 amide bonds. The summed E-state index contributed by atoms with van der Waals surface area (Å²) in [5.41, 5.74) is 0.928. The molecule has 1 fully saturated rings. The maximum absolute atomic E-state index is 13.3. The van der Waals surface area contributed by atoms with Crippen molar-refractivity contribution in [3.8, 4) is 0 Å². The summed E-state index contributed by atoms with van der Waals surface area (Å²) in [7, 11) is 0. The Hall–Kier alpha value is -2.41. The van der Waals surface area contributed by atoms with Gasteiger partial charge in [0.05, 0.1) is 0 Å². The zero-order chi connectivity index (χ0) is 21.9. The van der Waals surface area contributed by atoms with Gasteiger partial charge in [-0.15, -0.1) is 0 Å². The van der Waals surface area contributed by atoms with Crippen LogP contribution in [0, 0.1) is 5.92 Å². The van der Waals surface area contributed by atoms with Gasteiger partial charge in [-0.1, -0.05) is 52.0 Å². The van der Waals surface area contributed by atoms with Gasteiger partial charge in [-0.25, -0.2) is 4.79 Å². The van der Waals surface area contributed by atoms with Crippen molar-refractivity contribution in [1.82, 2.24) is 20.0 Å². The highest BCUT2D eigenvalue weighted by Gasteiger charge is 2.55. The quantitative estimate of drug-likeness (QED) is 0.629. The van der Waals surface area contributed by atoms with Gasteiger partial charge in [-0.3, -0.25) is 14.5 Å². The summed E-state index contributed by atoms with van der Waals surface area (Å²) < 4.78 is 0. The molecule has 0 aromatic heterocycles. The first-order valence-corrected chi connectivity index (χ1v) is 11.0. The normalized spacial score (nSPS) is 20.4. The molecule has 7 heteroatoms. The molecule has 1 aliphatic heterocycles. The van der Waals surface area contributed by atoms with E-state index in [0.29, 0.717) is 25.4 Å². The summed E-state index contributed by atoms with van der Waals surface area (Å²) in [6.07, 6.45) is 1.28. The predicted molar refractivity (Wildman–Crippen MR) is 116 cm³/mol. The van der Waals surface area contributed by atoms with Gasteiger partial charge < -0.3 is 15.1 Å². The van der Waals surface area contributed by atoms with Gasteiger partial charge in [-0.2, -0.15) is 0 Å². The molecular formula is C23H34N4O3. The van der Waals surface area contributed by atoms with E-state index in [1.807, 2.05) is 24.3 Å². The van der Waals surface area contributed by atoms with Gasteiger partial charge in [0.15, 0.2) is 0 Å². The summed E-state index contributed by atoms with van der Waals surface area (Å²) in [5, 5.41) is 2.90. The topological polar surface area (TPSA) is 73.0 Å². The van der Waals surface area contributed by atoms with E-state index >= 15 is 0 Å². The number of urea groups is 1. The predicted octanol–water partition coefficient (Wildman–Crippen LogP) is 2.21. The molecule has 1 atom stereocenters. The summed E-state index contributed by atoms with van der Waals surface area (Å²) >= 11 is 0. The van der Waals surface area contributed by atoms with Gasteiger partial charge in [-0.05, 0) is 43.0 Å². The van der Waals surface area contributed by atoms with E-state index in [2.05, 4.69) is 37.9 Å². The number of benzene rings is 1. The smallest absolute Gasteiger partial charge is 0.325 e. The van der Waals surface area contributed by atoms with Crippen LogP contribution >= 0.6 is 0 Å². The van der Waals surface area contributed by atoms with E-state index in [1.54, 1.807) is 4.90 Å². The van der Waals surface area contributed by atoms with Gasteiger partial charge in [0, 0.05) is 19.6 Å². The maximum atomic E-state index is 13.3. The first kappa shape index (κ1) is 22.3. The van der Waals surface area contributed by atoms with Crippen LogP contribution in [0.1, 0.15) is 45.2 Å². The van der Waals surface area contributed by atoms with Crippen LogP contribution in [0.3, 0.4) is 0 Å². The van der Waals surface area contributed by atoms with Crippen LogP contribution < -0.4 is 5.32 Å². The minimum absolute atomic E-state index is 0.178. The van der Waals surface area contributed by atoms with Crippen LogP contribution in [0.25, 0.3) is 0 Å². The molecule has 164 valence electrons. The lowest BCUT2D eigenvalue weighted by Gasteiger charge is -2.29. The summed E-state index contributed by atoms with van der Waals surface area (Å²) in [5.74, 6) is -0.177.